The molecule has 0 radical (unpaired) electrons. The van der Waals surface area contributed by atoms with Crippen LogP contribution in [-0.4, -0.2) is 13.8 Å². The summed E-state index contributed by atoms with van der Waals surface area (Å²) in [6.07, 6.45) is 1.67. The molecule has 0 amide bonds. The molecule has 0 spiro atoms. The Balaban J connectivity index is 1.72. The highest BCUT2D eigenvalue weighted by Crippen LogP contribution is 2.44. The summed E-state index contributed by atoms with van der Waals surface area (Å²) in [6, 6.07) is 8.02. The van der Waals surface area contributed by atoms with Crippen LogP contribution in [0.3, 0.4) is 0 Å². The van der Waals surface area contributed by atoms with Crippen LogP contribution in [0.2, 0.25) is 0 Å². The van der Waals surface area contributed by atoms with Crippen molar-refractivity contribution in [1.82, 2.24) is 13.8 Å². The summed E-state index contributed by atoms with van der Waals surface area (Å²) in [7, 11) is 0. The summed E-state index contributed by atoms with van der Waals surface area (Å²) in [6.45, 7) is 0. The highest BCUT2D eigenvalue weighted by Gasteiger charge is 2.25. The number of hydrogen-bond acceptors (Lipinski definition) is 6. The first kappa shape index (κ1) is 17.4. The van der Waals surface area contributed by atoms with Crippen molar-refractivity contribution in [3.8, 4) is 0 Å². The van der Waals surface area contributed by atoms with Gasteiger partial charge in [0.15, 0.2) is 0 Å². The average Bonchev–Trinajstić information content (AvgIpc) is 3.49. The van der Waals surface area contributed by atoms with Crippen molar-refractivity contribution < 1.29 is 0 Å². The fourth-order valence-corrected chi connectivity index (χ4v) is 9.13. The predicted molar refractivity (Wildman–Crippen MR) is 138 cm³/mol. The molecule has 5 nitrogen and oxygen atoms in total. The Morgan fingerprint density at radius 2 is 1.35 bits per heavy atom. The number of halogens is 2. The lowest BCUT2D eigenvalue weighted by Gasteiger charge is -2.05. The second kappa shape index (κ2) is 5.44. The SMILES string of the molecule is O=c1c2sc3c4c(cnc(c24)c2cc4sc(Br)cc4n12)c(=O)n1c2cc(Br)sc2cc31. The van der Waals surface area contributed by atoms with Crippen molar-refractivity contribution in [3.63, 3.8) is 0 Å². The van der Waals surface area contributed by atoms with Crippen molar-refractivity contribution in [3.05, 3.63) is 58.7 Å². The van der Waals surface area contributed by atoms with E-state index in [-0.39, 0.29) is 11.1 Å². The Morgan fingerprint density at radius 3 is 2.06 bits per heavy atom. The van der Waals surface area contributed by atoms with E-state index < -0.39 is 0 Å². The maximum absolute atomic E-state index is 13.6. The number of pyridine rings is 3. The maximum atomic E-state index is 13.6. The van der Waals surface area contributed by atoms with Crippen molar-refractivity contribution in [2.45, 2.75) is 0 Å². The van der Waals surface area contributed by atoms with E-state index in [2.05, 4.69) is 37.9 Å². The molecule has 148 valence electrons. The first-order valence-electron chi connectivity index (χ1n) is 9.18. The smallest absolute Gasteiger partial charge is 0.273 e. The molecule has 8 rings (SSSR count). The Hall–Kier alpha value is -2.11. The van der Waals surface area contributed by atoms with Gasteiger partial charge in [0.05, 0.1) is 54.6 Å². The van der Waals surface area contributed by atoms with Gasteiger partial charge < -0.3 is 0 Å². The van der Waals surface area contributed by atoms with Gasteiger partial charge in [-0.05, 0) is 56.1 Å². The van der Waals surface area contributed by atoms with Crippen LogP contribution < -0.4 is 11.1 Å². The Kier molecular flexibility index (Phi) is 3.06. The lowest BCUT2D eigenvalue weighted by Crippen LogP contribution is -2.14. The van der Waals surface area contributed by atoms with Crippen molar-refractivity contribution >= 4 is 128 Å². The molecule has 10 heteroatoms. The Bertz CT molecular complexity index is 2180. The molecule has 0 fully saturated rings. The second-order valence-electron chi connectivity index (χ2n) is 7.47. The molecule has 0 aliphatic rings. The molecule has 8 aromatic heterocycles. The molecule has 0 bridgehead atoms. The normalized spacial score (nSPS) is 13.1. The minimum absolute atomic E-state index is 0.0555. The maximum Gasteiger partial charge on any atom is 0.273 e. The third kappa shape index (κ3) is 1.91. The van der Waals surface area contributed by atoms with Gasteiger partial charge in [0.25, 0.3) is 11.1 Å². The zero-order chi connectivity index (χ0) is 20.8. The van der Waals surface area contributed by atoms with Crippen LogP contribution in [0.4, 0.5) is 0 Å². The molecule has 0 aromatic carbocycles. The molecule has 8 heterocycles. The van der Waals surface area contributed by atoms with Crippen LogP contribution in [0.5, 0.6) is 0 Å². The van der Waals surface area contributed by atoms with E-state index in [0.29, 0.717) is 10.1 Å². The lowest BCUT2D eigenvalue weighted by molar-refractivity contribution is 1.20. The largest absolute Gasteiger partial charge is 0.274 e. The van der Waals surface area contributed by atoms with Gasteiger partial charge in [-0.25, -0.2) is 0 Å². The quantitative estimate of drug-likeness (QED) is 0.187. The van der Waals surface area contributed by atoms with Gasteiger partial charge >= 0.3 is 0 Å². The molecule has 31 heavy (non-hydrogen) atoms. The Morgan fingerprint density at radius 1 is 0.710 bits per heavy atom. The first-order chi connectivity index (χ1) is 15.0. The van der Waals surface area contributed by atoms with E-state index >= 15 is 0 Å². The van der Waals surface area contributed by atoms with Crippen LogP contribution in [0, 0.1) is 0 Å². The van der Waals surface area contributed by atoms with Crippen molar-refractivity contribution in [2.24, 2.45) is 0 Å². The summed E-state index contributed by atoms with van der Waals surface area (Å²) in [5, 5.41) is 2.22. The molecule has 0 N–H and O–H groups in total. The van der Waals surface area contributed by atoms with Crippen molar-refractivity contribution in [1.29, 1.82) is 0 Å². The number of rotatable bonds is 0. The molecular weight excluding hydrogens is 582 g/mol. The minimum Gasteiger partial charge on any atom is -0.274 e. The van der Waals surface area contributed by atoms with E-state index in [4.69, 9.17) is 4.98 Å². The van der Waals surface area contributed by atoms with Crippen LogP contribution in [0.1, 0.15) is 0 Å². The summed E-state index contributed by atoms with van der Waals surface area (Å²) < 4.78 is 9.17. The third-order valence-electron chi connectivity index (χ3n) is 5.96. The van der Waals surface area contributed by atoms with Gasteiger partial charge in [-0.15, -0.1) is 34.0 Å². The van der Waals surface area contributed by atoms with Gasteiger partial charge in [-0.1, -0.05) is 0 Å². The fraction of sp³-hybridized carbons (Fsp3) is 0. The molecule has 0 atom stereocenters. The highest BCUT2D eigenvalue weighted by molar-refractivity contribution is 9.11. The van der Waals surface area contributed by atoms with Gasteiger partial charge in [-0.2, -0.15) is 0 Å². The van der Waals surface area contributed by atoms with Crippen molar-refractivity contribution in [2.75, 3.05) is 0 Å². The molecular formula is C21H5Br2N3O2S3. The number of thiophene rings is 3. The lowest BCUT2D eigenvalue weighted by atomic mass is 10.1. The molecule has 0 aliphatic heterocycles. The zero-order valence-corrected chi connectivity index (χ0v) is 20.6. The van der Waals surface area contributed by atoms with E-state index in [0.717, 1.165) is 60.0 Å². The van der Waals surface area contributed by atoms with Gasteiger partial charge in [-0.3, -0.25) is 23.4 Å². The Labute approximate surface area is 199 Å². The summed E-state index contributed by atoms with van der Waals surface area (Å²) in [4.78, 5) is 31.8. The van der Waals surface area contributed by atoms with E-state index in [1.54, 1.807) is 37.7 Å². The molecule has 8 aromatic rings. The standard InChI is InChI=1S/C21H5Br2N3O2S3/c22-13-3-7-11(29-13)1-9-17-16-15-6(5-24-17)20(27)26-8-4-14(23)30-12(8)2-10(26)18(15)31-19(16)21(28)25(7)9/h1-5H. The van der Waals surface area contributed by atoms with Gasteiger partial charge in [0.1, 0.15) is 4.70 Å². The van der Waals surface area contributed by atoms with E-state index in [9.17, 15) is 9.59 Å². The number of nitrogens with zero attached hydrogens (tertiary/aromatic N) is 3. The summed E-state index contributed by atoms with van der Waals surface area (Å²) in [5.41, 5.74) is 4.04. The number of hydrogen-bond donors (Lipinski definition) is 0. The molecule has 0 unspecified atom stereocenters. The predicted octanol–water partition coefficient (Wildman–Crippen LogP) is 6.66. The molecule has 0 saturated heterocycles. The topological polar surface area (TPSA) is 55.9 Å². The van der Waals surface area contributed by atoms with Gasteiger partial charge in [0.2, 0.25) is 0 Å². The highest BCUT2D eigenvalue weighted by atomic mass is 79.9. The fourth-order valence-electron chi connectivity index (χ4n) is 4.78. The number of aromatic nitrogens is 3. The zero-order valence-electron chi connectivity index (χ0n) is 15.0. The van der Waals surface area contributed by atoms with Gasteiger partial charge in [0, 0.05) is 17.0 Å². The van der Waals surface area contributed by atoms with Crippen LogP contribution >= 0.6 is 65.9 Å². The van der Waals surface area contributed by atoms with E-state index in [1.807, 2.05) is 18.2 Å². The average molecular weight is 587 g/mol. The number of fused-ring (bicyclic) bond motifs is 8. The third-order valence-corrected chi connectivity index (χ3v) is 10.3. The van der Waals surface area contributed by atoms with Crippen LogP contribution in [0.15, 0.2) is 47.6 Å². The summed E-state index contributed by atoms with van der Waals surface area (Å²) >= 11 is 11.7. The second-order valence-corrected chi connectivity index (χ2v) is 13.4. The monoisotopic (exact) mass is 585 g/mol. The summed E-state index contributed by atoms with van der Waals surface area (Å²) in [5.74, 6) is 0. The minimum atomic E-state index is -0.0930. The molecule has 0 saturated carbocycles. The van der Waals surface area contributed by atoms with E-state index in [1.165, 1.54) is 11.3 Å². The first-order valence-corrected chi connectivity index (χ1v) is 13.2. The molecule has 0 aliphatic carbocycles. The van der Waals surface area contributed by atoms with Crippen LogP contribution in [-0.2, 0) is 0 Å². The van der Waals surface area contributed by atoms with Crippen LogP contribution in [0.25, 0.3) is 62.5 Å².